The zero-order valence-corrected chi connectivity index (χ0v) is 12.4. The molecule has 3 saturated heterocycles. The fourth-order valence-electron chi connectivity index (χ4n) is 3.88. The highest BCUT2D eigenvalue weighted by atomic mass is 32.2. The van der Waals surface area contributed by atoms with Crippen molar-refractivity contribution < 1.29 is 4.79 Å². The maximum Gasteiger partial charge on any atom is 0.240 e. The third-order valence-electron chi connectivity index (χ3n) is 4.91. The number of fused-ring (bicyclic) bond motifs is 1. The van der Waals surface area contributed by atoms with Gasteiger partial charge in [0.15, 0.2) is 0 Å². The number of carbonyl (C=O) groups is 1. The summed E-state index contributed by atoms with van der Waals surface area (Å²) in [5.41, 5.74) is 1.30. The van der Waals surface area contributed by atoms with Gasteiger partial charge < -0.3 is 10.2 Å². The van der Waals surface area contributed by atoms with Crippen molar-refractivity contribution in [3.05, 3.63) is 35.9 Å². The molecule has 0 unspecified atom stereocenters. The molecule has 3 fully saturated rings. The van der Waals surface area contributed by atoms with E-state index in [-0.39, 0.29) is 4.75 Å². The van der Waals surface area contributed by atoms with E-state index in [2.05, 4.69) is 34.5 Å². The van der Waals surface area contributed by atoms with Crippen LogP contribution in [0, 0.1) is 0 Å². The minimum atomic E-state index is -0.122. The molecule has 0 saturated carbocycles. The normalized spacial score (nSPS) is 31.8. The van der Waals surface area contributed by atoms with Crippen LogP contribution >= 0.6 is 11.8 Å². The molecule has 1 aromatic rings. The molecular weight excluding hydrogens is 268 g/mol. The molecule has 1 amide bonds. The number of hydrogen-bond acceptors (Lipinski definition) is 3. The largest absolute Gasteiger partial charge is 0.322 e. The minimum absolute atomic E-state index is 0.122. The van der Waals surface area contributed by atoms with Crippen molar-refractivity contribution in [2.75, 3.05) is 13.1 Å². The Morgan fingerprint density at radius 2 is 1.90 bits per heavy atom. The summed E-state index contributed by atoms with van der Waals surface area (Å²) in [4.78, 5) is 15.2. The first kappa shape index (κ1) is 12.7. The Labute approximate surface area is 124 Å². The highest BCUT2D eigenvalue weighted by Gasteiger charge is 2.56. The van der Waals surface area contributed by atoms with Gasteiger partial charge in [0.1, 0.15) is 0 Å². The summed E-state index contributed by atoms with van der Waals surface area (Å²) in [6.07, 6.45) is 4.24. The Morgan fingerprint density at radius 3 is 2.65 bits per heavy atom. The predicted octanol–water partition coefficient (Wildman–Crippen LogP) is 2.55. The third kappa shape index (κ3) is 1.81. The number of amides is 1. The molecule has 4 heteroatoms. The second-order valence-corrected chi connectivity index (χ2v) is 7.59. The molecule has 106 valence electrons. The number of hydrogen-bond donors (Lipinski definition) is 1. The van der Waals surface area contributed by atoms with Gasteiger partial charge in [-0.25, -0.2) is 0 Å². The van der Waals surface area contributed by atoms with E-state index in [4.69, 9.17) is 0 Å². The van der Waals surface area contributed by atoms with Crippen LogP contribution in [0.3, 0.4) is 0 Å². The molecule has 0 bridgehead atoms. The summed E-state index contributed by atoms with van der Waals surface area (Å²) >= 11 is 1.95. The maximum atomic E-state index is 13.0. The van der Waals surface area contributed by atoms with Crippen LogP contribution < -0.4 is 5.32 Å². The molecule has 2 atom stereocenters. The Bertz CT molecular complexity index is 512. The van der Waals surface area contributed by atoms with Crippen LogP contribution in [0.5, 0.6) is 0 Å². The fraction of sp³-hybridized carbons (Fsp3) is 0.562. The maximum absolute atomic E-state index is 13.0. The van der Waals surface area contributed by atoms with Gasteiger partial charge in [-0.2, -0.15) is 0 Å². The topological polar surface area (TPSA) is 32.3 Å². The van der Waals surface area contributed by atoms with E-state index in [0.29, 0.717) is 17.3 Å². The first-order valence-electron chi connectivity index (χ1n) is 7.56. The highest BCUT2D eigenvalue weighted by molar-refractivity contribution is 8.02. The van der Waals surface area contributed by atoms with Crippen molar-refractivity contribution in [1.29, 1.82) is 0 Å². The van der Waals surface area contributed by atoms with Crippen molar-refractivity contribution >= 4 is 17.7 Å². The van der Waals surface area contributed by atoms with Crippen LogP contribution in [0.2, 0.25) is 0 Å². The minimum Gasteiger partial charge on any atom is -0.322 e. The van der Waals surface area contributed by atoms with Crippen molar-refractivity contribution in [3.63, 3.8) is 0 Å². The first-order chi connectivity index (χ1) is 9.80. The molecule has 1 N–H and O–H groups in total. The summed E-state index contributed by atoms with van der Waals surface area (Å²) in [5.74, 6) is 0.403. The zero-order valence-electron chi connectivity index (χ0n) is 11.5. The average Bonchev–Trinajstić information content (AvgIpc) is 3.01. The molecule has 1 aromatic carbocycles. The number of piperidine rings is 1. The lowest BCUT2D eigenvalue weighted by atomic mass is 9.94. The number of nitrogens with zero attached hydrogens (tertiary/aromatic N) is 1. The van der Waals surface area contributed by atoms with Gasteiger partial charge in [0.2, 0.25) is 5.91 Å². The monoisotopic (exact) mass is 288 g/mol. The number of carbonyl (C=O) groups excluding carboxylic acids is 1. The van der Waals surface area contributed by atoms with Crippen molar-refractivity contribution in [2.45, 2.75) is 41.8 Å². The third-order valence-corrected chi connectivity index (χ3v) is 6.68. The van der Waals surface area contributed by atoms with E-state index in [1.165, 1.54) is 5.56 Å². The lowest BCUT2D eigenvalue weighted by molar-refractivity contribution is -0.134. The SMILES string of the molecule is O=C1N2[C@@H](CC[C@H]2c2ccccc2)SC12CCNCC2. The van der Waals surface area contributed by atoms with Crippen LogP contribution in [0.15, 0.2) is 30.3 Å². The average molecular weight is 288 g/mol. The van der Waals surface area contributed by atoms with E-state index < -0.39 is 0 Å². The van der Waals surface area contributed by atoms with Crippen LogP contribution in [-0.4, -0.2) is 34.0 Å². The Morgan fingerprint density at radius 1 is 1.15 bits per heavy atom. The van der Waals surface area contributed by atoms with Crippen LogP contribution in [-0.2, 0) is 4.79 Å². The summed E-state index contributed by atoms with van der Waals surface area (Å²) in [5, 5.41) is 3.79. The molecule has 0 radical (unpaired) electrons. The molecule has 3 aliphatic rings. The first-order valence-corrected chi connectivity index (χ1v) is 8.44. The number of thioether (sulfide) groups is 1. The summed E-state index contributed by atoms with van der Waals surface area (Å²) < 4.78 is -0.122. The standard InChI is InChI=1S/C16H20N2OS/c19-15-16(8-10-17-11-9-16)20-14-7-6-13(18(14)15)12-4-2-1-3-5-12/h1-5,13-14,17H,6-11H2/t13-,14+/m0/s1. The summed E-state index contributed by atoms with van der Waals surface area (Å²) in [7, 11) is 0. The summed E-state index contributed by atoms with van der Waals surface area (Å²) in [6.45, 7) is 1.96. The van der Waals surface area contributed by atoms with E-state index in [9.17, 15) is 4.79 Å². The Balaban J connectivity index is 1.64. The second-order valence-electron chi connectivity index (χ2n) is 6.03. The van der Waals surface area contributed by atoms with Crippen molar-refractivity contribution in [1.82, 2.24) is 10.2 Å². The predicted molar refractivity (Wildman–Crippen MR) is 81.5 cm³/mol. The van der Waals surface area contributed by atoms with Gasteiger partial charge in [-0.05, 0) is 44.3 Å². The fourth-order valence-corrected chi connectivity index (χ4v) is 5.66. The Hall–Kier alpha value is -1.00. The van der Waals surface area contributed by atoms with Crippen molar-refractivity contribution in [3.8, 4) is 0 Å². The van der Waals surface area contributed by atoms with E-state index >= 15 is 0 Å². The van der Waals surface area contributed by atoms with E-state index in [1.807, 2.05) is 17.8 Å². The van der Waals surface area contributed by atoms with Gasteiger partial charge in [-0.3, -0.25) is 4.79 Å². The van der Waals surface area contributed by atoms with Gasteiger partial charge in [0, 0.05) is 0 Å². The van der Waals surface area contributed by atoms with Crippen molar-refractivity contribution in [2.24, 2.45) is 0 Å². The van der Waals surface area contributed by atoms with Gasteiger partial charge in [-0.1, -0.05) is 30.3 Å². The van der Waals surface area contributed by atoms with E-state index in [1.54, 1.807) is 0 Å². The molecule has 3 aliphatic heterocycles. The molecule has 0 aromatic heterocycles. The van der Waals surface area contributed by atoms with Gasteiger partial charge in [0.25, 0.3) is 0 Å². The lowest BCUT2D eigenvalue weighted by Crippen LogP contribution is -2.46. The quantitative estimate of drug-likeness (QED) is 0.862. The molecule has 20 heavy (non-hydrogen) atoms. The highest BCUT2D eigenvalue weighted by Crippen LogP contribution is 2.54. The molecular formula is C16H20N2OS. The molecule has 4 rings (SSSR count). The number of benzene rings is 1. The molecule has 0 aliphatic carbocycles. The molecule has 3 heterocycles. The van der Waals surface area contributed by atoms with Crippen LogP contribution in [0.4, 0.5) is 0 Å². The van der Waals surface area contributed by atoms with Crippen LogP contribution in [0.25, 0.3) is 0 Å². The molecule has 3 nitrogen and oxygen atoms in total. The smallest absolute Gasteiger partial charge is 0.240 e. The number of rotatable bonds is 1. The second kappa shape index (κ2) is 4.78. The van der Waals surface area contributed by atoms with E-state index in [0.717, 1.165) is 38.8 Å². The zero-order chi connectivity index (χ0) is 13.6. The number of nitrogens with one attached hydrogen (secondary N) is 1. The van der Waals surface area contributed by atoms with Gasteiger partial charge in [-0.15, -0.1) is 11.8 Å². The Kier molecular flexibility index (Phi) is 3.04. The van der Waals surface area contributed by atoms with Gasteiger partial charge in [0.05, 0.1) is 16.2 Å². The van der Waals surface area contributed by atoms with Crippen LogP contribution in [0.1, 0.15) is 37.3 Å². The lowest BCUT2D eigenvalue weighted by Gasteiger charge is -2.32. The van der Waals surface area contributed by atoms with Gasteiger partial charge >= 0.3 is 0 Å². The molecule has 1 spiro atoms. The summed E-state index contributed by atoms with van der Waals surface area (Å²) in [6, 6.07) is 10.8.